The van der Waals surface area contributed by atoms with Gasteiger partial charge in [-0.25, -0.2) is 4.79 Å². The van der Waals surface area contributed by atoms with E-state index in [1.165, 1.54) is 5.56 Å². The molecule has 0 aliphatic rings. The van der Waals surface area contributed by atoms with Gasteiger partial charge in [0.15, 0.2) is 0 Å². The lowest BCUT2D eigenvalue weighted by Crippen LogP contribution is -2.41. The van der Waals surface area contributed by atoms with Crippen molar-refractivity contribution >= 4 is 6.09 Å². The minimum absolute atomic E-state index is 0.210. The highest BCUT2D eigenvalue weighted by Gasteiger charge is 2.14. The fraction of sp³-hybridized carbons (Fsp3) is 0.708. The number of ether oxygens (including phenoxy) is 6. The van der Waals surface area contributed by atoms with Crippen LogP contribution in [0.25, 0.3) is 0 Å². The molecule has 9 nitrogen and oxygen atoms in total. The fourth-order valence-electron chi connectivity index (χ4n) is 2.49. The molecule has 190 valence electrons. The third-order valence-electron chi connectivity index (χ3n) is 4.02. The second-order valence-corrected chi connectivity index (χ2v) is 8.24. The first-order valence-electron chi connectivity index (χ1n) is 11.6. The molecule has 33 heavy (non-hydrogen) atoms. The van der Waals surface area contributed by atoms with E-state index in [2.05, 4.69) is 22.8 Å². The lowest BCUT2D eigenvalue weighted by Gasteiger charge is -2.19. The average Bonchev–Trinajstić information content (AvgIpc) is 2.77. The van der Waals surface area contributed by atoms with Crippen LogP contribution in [0, 0.1) is 0 Å². The van der Waals surface area contributed by atoms with Crippen molar-refractivity contribution in [1.29, 1.82) is 0 Å². The summed E-state index contributed by atoms with van der Waals surface area (Å²) in [6, 6.07) is 10.3. The number of hydrogen-bond donors (Lipinski definition) is 2. The molecule has 0 aliphatic heterocycles. The second kappa shape index (κ2) is 19.7. The molecule has 0 bridgehead atoms. The summed E-state index contributed by atoms with van der Waals surface area (Å²) in [6.45, 7) is 12.6. The van der Waals surface area contributed by atoms with Crippen LogP contribution in [0.1, 0.15) is 26.3 Å². The summed E-state index contributed by atoms with van der Waals surface area (Å²) in [7, 11) is 0. The topological polar surface area (TPSA) is 96.5 Å². The summed E-state index contributed by atoms with van der Waals surface area (Å²) in [4.78, 5) is 11.4. The largest absolute Gasteiger partial charge is 0.447 e. The molecule has 1 aromatic rings. The van der Waals surface area contributed by atoms with Crippen molar-refractivity contribution in [2.45, 2.75) is 32.9 Å². The van der Waals surface area contributed by atoms with Crippen LogP contribution in [0.15, 0.2) is 30.3 Å². The van der Waals surface area contributed by atoms with Crippen LogP contribution in [-0.4, -0.2) is 90.9 Å². The Morgan fingerprint density at radius 2 is 1.15 bits per heavy atom. The van der Waals surface area contributed by atoms with Gasteiger partial charge in [-0.05, 0) is 26.3 Å². The predicted molar refractivity (Wildman–Crippen MR) is 126 cm³/mol. The second-order valence-electron chi connectivity index (χ2n) is 8.24. The number of carbonyl (C=O) groups excluding carboxylic acids is 1. The Bertz CT molecular complexity index is 582. The van der Waals surface area contributed by atoms with Gasteiger partial charge in [0.2, 0.25) is 0 Å². The molecule has 0 aliphatic carbocycles. The van der Waals surface area contributed by atoms with Crippen LogP contribution in [0.2, 0.25) is 0 Å². The van der Waals surface area contributed by atoms with Gasteiger partial charge in [-0.15, -0.1) is 0 Å². The Kier molecular flexibility index (Phi) is 17.5. The molecule has 9 heteroatoms. The van der Waals surface area contributed by atoms with Crippen LogP contribution in [0.5, 0.6) is 0 Å². The molecule has 0 saturated heterocycles. The first kappa shape index (κ1) is 29.3. The van der Waals surface area contributed by atoms with Crippen molar-refractivity contribution in [2.24, 2.45) is 0 Å². The maximum Gasteiger partial charge on any atom is 0.407 e. The molecule has 0 radical (unpaired) electrons. The monoisotopic (exact) mass is 470 g/mol. The van der Waals surface area contributed by atoms with E-state index in [1.807, 2.05) is 39.0 Å². The molecule has 0 saturated carbocycles. The van der Waals surface area contributed by atoms with E-state index in [1.54, 1.807) is 0 Å². The van der Waals surface area contributed by atoms with Gasteiger partial charge in [0.05, 0.1) is 66.1 Å². The lowest BCUT2D eigenvalue weighted by atomic mass is 10.1. The molecule has 0 fully saturated rings. The van der Waals surface area contributed by atoms with Gasteiger partial charge in [-0.2, -0.15) is 0 Å². The Balaban J connectivity index is 1.70. The molecular formula is C24H42N2O7. The molecule has 1 aromatic carbocycles. The molecule has 1 rings (SSSR count). The van der Waals surface area contributed by atoms with Crippen molar-refractivity contribution in [2.75, 3.05) is 79.2 Å². The normalized spacial score (nSPS) is 11.5. The van der Waals surface area contributed by atoms with Crippen molar-refractivity contribution in [3.63, 3.8) is 0 Å². The number of rotatable bonds is 20. The molecule has 0 atom stereocenters. The highest BCUT2D eigenvalue weighted by molar-refractivity contribution is 5.67. The van der Waals surface area contributed by atoms with E-state index < -0.39 is 6.09 Å². The highest BCUT2D eigenvalue weighted by Crippen LogP contribution is 1.99. The first-order chi connectivity index (χ1) is 16.0. The van der Waals surface area contributed by atoms with Crippen LogP contribution in [0.4, 0.5) is 4.79 Å². The fourth-order valence-corrected chi connectivity index (χ4v) is 2.49. The summed E-state index contributed by atoms with van der Waals surface area (Å²) in [5.74, 6) is 0. The van der Waals surface area contributed by atoms with E-state index in [-0.39, 0.29) is 12.1 Å². The summed E-state index contributed by atoms with van der Waals surface area (Å²) in [6.07, 6.45) is -0.442. The zero-order valence-electron chi connectivity index (χ0n) is 20.4. The summed E-state index contributed by atoms with van der Waals surface area (Å²) in [5, 5.41) is 6.05. The SMILES string of the molecule is CC(C)(C)NC(=O)OCCOCCOCCOCCOCCOCCNCc1ccccc1. The van der Waals surface area contributed by atoms with Crippen LogP contribution >= 0.6 is 0 Å². The molecule has 0 spiro atoms. The van der Waals surface area contributed by atoms with E-state index in [0.717, 1.165) is 13.1 Å². The molecular weight excluding hydrogens is 428 g/mol. The molecule has 0 heterocycles. The van der Waals surface area contributed by atoms with Crippen molar-refractivity contribution in [1.82, 2.24) is 10.6 Å². The number of benzene rings is 1. The maximum absolute atomic E-state index is 11.4. The Morgan fingerprint density at radius 3 is 1.64 bits per heavy atom. The van der Waals surface area contributed by atoms with Gasteiger partial charge in [-0.3, -0.25) is 0 Å². The number of hydrogen-bond acceptors (Lipinski definition) is 8. The maximum atomic E-state index is 11.4. The Morgan fingerprint density at radius 1 is 0.697 bits per heavy atom. The first-order valence-corrected chi connectivity index (χ1v) is 11.6. The minimum Gasteiger partial charge on any atom is -0.447 e. The zero-order valence-corrected chi connectivity index (χ0v) is 20.4. The number of carbonyl (C=O) groups is 1. The van der Waals surface area contributed by atoms with Gasteiger partial charge in [-0.1, -0.05) is 30.3 Å². The quantitative estimate of drug-likeness (QED) is 0.281. The highest BCUT2D eigenvalue weighted by atomic mass is 16.6. The van der Waals surface area contributed by atoms with E-state index >= 15 is 0 Å². The van der Waals surface area contributed by atoms with Gasteiger partial charge < -0.3 is 39.1 Å². The predicted octanol–water partition coefficient (Wildman–Crippen LogP) is 2.38. The standard InChI is InChI=1S/C24H42N2O7/c1-24(2,3)26-23(27)33-20-19-32-18-17-31-16-15-30-14-13-29-12-11-28-10-9-25-21-22-7-5-4-6-8-22/h4-8,25H,9-21H2,1-3H3,(H,26,27). The third kappa shape index (κ3) is 20.6. The zero-order chi connectivity index (χ0) is 24.0. The lowest BCUT2D eigenvalue weighted by molar-refractivity contribution is -0.0137. The van der Waals surface area contributed by atoms with Crippen molar-refractivity contribution in [3.05, 3.63) is 35.9 Å². The van der Waals surface area contributed by atoms with Crippen molar-refractivity contribution < 1.29 is 33.2 Å². The summed E-state index contributed by atoms with van der Waals surface area (Å²) < 4.78 is 32.2. The smallest absolute Gasteiger partial charge is 0.407 e. The summed E-state index contributed by atoms with van der Waals surface area (Å²) >= 11 is 0. The molecule has 0 aromatic heterocycles. The van der Waals surface area contributed by atoms with E-state index in [4.69, 9.17) is 28.4 Å². The molecule has 0 unspecified atom stereocenters. The van der Waals surface area contributed by atoms with Gasteiger partial charge in [0, 0.05) is 18.6 Å². The number of nitrogens with one attached hydrogen (secondary N) is 2. The molecule has 2 N–H and O–H groups in total. The molecule has 1 amide bonds. The minimum atomic E-state index is -0.442. The Hall–Kier alpha value is -1.75. The average molecular weight is 471 g/mol. The number of alkyl carbamates (subject to hydrolysis) is 1. The summed E-state index contributed by atoms with van der Waals surface area (Å²) in [5.41, 5.74) is 0.957. The van der Waals surface area contributed by atoms with Gasteiger partial charge in [0.1, 0.15) is 6.61 Å². The van der Waals surface area contributed by atoms with Gasteiger partial charge in [0.25, 0.3) is 0 Å². The van der Waals surface area contributed by atoms with E-state index in [0.29, 0.717) is 66.1 Å². The van der Waals surface area contributed by atoms with E-state index in [9.17, 15) is 4.79 Å². The van der Waals surface area contributed by atoms with Crippen LogP contribution < -0.4 is 10.6 Å². The van der Waals surface area contributed by atoms with Crippen LogP contribution in [-0.2, 0) is 35.0 Å². The number of amides is 1. The third-order valence-corrected chi connectivity index (χ3v) is 4.02. The van der Waals surface area contributed by atoms with Crippen molar-refractivity contribution in [3.8, 4) is 0 Å². The van der Waals surface area contributed by atoms with Crippen LogP contribution in [0.3, 0.4) is 0 Å². The van der Waals surface area contributed by atoms with Gasteiger partial charge >= 0.3 is 6.09 Å². The Labute approximate surface area is 198 Å².